The van der Waals surface area contributed by atoms with E-state index in [9.17, 15) is 9.59 Å². The lowest BCUT2D eigenvalue weighted by atomic mass is 9.84. The fourth-order valence-corrected chi connectivity index (χ4v) is 3.11. The Hall–Kier alpha value is -2.08. The van der Waals surface area contributed by atoms with Crippen LogP contribution in [0.25, 0.3) is 0 Å². The highest BCUT2D eigenvalue weighted by molar-refractivity contribution is 6.01. The summed E-state index contributed by atoms with van der Waals surface area (Å²) in [4.78, 5) is 24.3. The second kappa shape index (κ2) is 8.68. The minimum absolute atomic E-state index is 0.0867. The molecule has 1 fully saturated rings. The summed E-state index contributed by atoms with van der Waals surface area (Å²) in [6, 6.07) is 4.94. The van der Waals surface area contributed by atoms with Crippen molar-refractivity contribution in [2.45, 2.75) is 26.2 Å². The molecule has 2 rings (SSSR count). The lowest BCUT2D eigenvalue weighted by Crippen LogP contribution is -2.32. The predicted molar refractivity (Wildman–Crippen MR) is 92.3 cm³/mol. The van der Waals surface area contributed by atoms with E-state index in [4.69, 9.17) is 9.47 Å². The van der Waals surface area contributed by atoms with Gasteiger partial charge >= 0.3 is 5.97 Å². The predicted octanol–water partition coefficient (Wildman–Crippen LogP) is 2.45. The van der Waals surface area contributed by atoms with Crippen molar-refractivity contribution < 1.29 is 19.1 Å². The number of piperidine rings is 1. The number of carbonyl (C=O) groups is 2. The van der Waals surface area contributed by atoms with Gasteiger partial charge in [-0.25, -0.2) is 4.79 Å². The number of amides is 1. The van der Waals surface area contributed by atoms with Gasteiger partial charge in [-0.2, -0.15) is 0 Å². The fraction of sp³-hybridized carbons (Fsp3) is 0.556. The standard InChI is InChI=1S/C18H26N2O4/c1-12(13-6-8-19-9-7-13)10-17(21)20-16-5-4-14(23-2)11-15(16)18(22)24-3/h4-5,11-13,19H,6-10H2,1-3H3,(H,20,21). The minimum Gasteiger partial charge on any atom is -0.497 e. The van der Waals surface area contributed by atoms with Gasteiger partial charge in [-0.1, -0.05) is 6.92 Å². The fourth-order valence-electron chi connectivity index (χ4n) is 3.11. The zero-order chi connectivity index (χ0) is 17.5. The third-order valence-electron chi connectivity index (χ3n) is 4.60. The largest absolute Gasteiger partial charge is 0.497 e. The number of esters is 1. The first-order valence-electron chi connectivity index (χ1n) is 8.32. The number of carbonyl (C=O) groups excluding carboxylic acids is 2. The van der Waals surface area contributed by atoms with E-state index in [1.807, 2.05) is 0 Å². The van der Waals surface area contributed by atoms with Gasteiger partial charge < -0.3 is 20.1 Å². The molecule has 0 saturated carbocycles. The van der Waals surface area contributed by atoms with Crippen LogP contribution in [0, 0.1) is 11.8 Å². The molecule has 1 unspecified atom stereocenters. The first-order valence-corrected chi connectivity index (χ1v) is 8.32. The molecular formula is C18H26N2O4. The van der Waals surface area contributed by atoms with E-state index in [-0.39, 0.29) is 5.91 Å². The molecule has 1 aromatic carbocycles. The number of hydrogen-bond acceptors (Lipinski definition) is 5. The molecule has 1 aliphatic heterocycles. The van der Waals surface area contributed by atoms with E-state index >= 15 is 0 Å². The quantitative estimate of drug-likeness (QED) is 0.782. The Balaban J connectivity index is 2.03. The number of nitrogens with one attached hydrogen (secondary N) is 2. The molecule has 6 nitrogen and oxygen atoms in total. The summed E-state index contributed by atoms with van der Waals surface area (Å²) in [6.45, 7) is 4.15. The maximum absolute atomic E-state index is 12.4. The number of rotatable bonds is 6. The molecule has 1 saturated heterocycles. The van der Waals surface area contributed by atoms with Crippen molar-refractivity contribution in [3.05, 3.63) is 23.8 Å². The van der Waals surface area contributed by atoms with Gasteiger partial charge in [0, 0.05) is 6.42 Å². The minimum atomic E-state index is -0.504. The zero-order valence-electron chi connectivity index (χ0n) is 14.6. The van der Waals surface area contributed by atoms with E-state index in [2.05, 4.69) is 17.6 Å². The van der Waals surface area contributed by atoms with Crippen LogP contribution >= 0.6 is 0 Å². The van der Waals surface area contributed by atoms with Crippen LogP contribution in [0.5, 0.6) is 5.75 Å². The lowest BCUT2D eigenvalue weighted by Gasteiger charge is -2.28. The van der Waals surface area contributed by atoms with Crippen LogP contribution in [0.4, 0.5) is 5.69 Å². The molecule has 0 aromatic heterocycles. The Kier molecular flexibility index (Phi) is 6.61. The molecule has 0 radical (unpaired) electrons. The van der Waals surface area contributed by atoms with Gasteiger partial charge in [0.25, 0.3) is 0 Å². The highest BCUT2D eigenvalue weighted by Gasteiger charge is 2.23. The van der Waals surface area contributed by atoms with Crippen LogP contribution in [0.15, 0.2) is 18.2 Å². The number of benzene rings is 1. The first kappa shape index (κ1) is 18.3. The topological polar surface area (TPSA) is 76.7 Å². The third kappa shape index (κ3) is 4.71. The second-order valence-corrected chi connectivity index (χ2v) is 6.22. The monoisotopic (exact) mass is 334 g/mol. The van der Waals surface area contributed by atoms with Gasteiger partial charge in [-0.15, -0.1) is 0 Å². The molecule has 0 spiro atoms. The van der Waals surface area contributed by atoms with Crippen LogP contribution in [-0.2, 0) is 9.53 Å². The third-order valence-corrected chi connectivity index (χ3v) is 4.60. The molecular weight excluding hydrogens is 308 g/mol. The van der Waals surface area contributed by atoms with E-state index in [0.29, 0.717) is 35.3 Å². The maximum atomic E-state index is 12.4. The Bertz CT molecular complexity index is 582. The number of hydrogen-bond donors (Lipinski definition) is 2. The summed E-state index contributed by atoms with van der Waals surface area (Å²) in [5, 5.41) is 6.17. The molecule has 1 heterocycles. The summed E-state index contributed by atoms with van der Waals surface area (Å²) < 4.78 is 9.91. The lowest BCUT2D eigenvalue weighted by molar-refractivity contribution is -0.117. The van der Waals surface area contributed by atoms with Crippen molar-refractivity contribution in [2.75, 3.05) is 32.6 Å². The van der Waals surface area contributed by atoms with Crippen LogP contribution in [0.2, 0.25) is 0 Å². The van der Waals surface area contributed by atoms with E-state index in [0.717, 1.165) is 25.9 Å². The van der Waals surface area contributed by atoms with Gasteiger partial charge in [0.2, 0.25) is 5.91 Å². The van der Waals surface area contributed by atoms with Crippen molar-refractivity contribution in [1.29, 1.82) is 0 Å². The second-order valence-electron chi connectivity index (χ2n) is 6.22. The molecule has 24 heavy (non-hydrogen) atoms. The summed E-state index contributed by atoms with van der Waals surface area (Å²) in [5.41, 5.74) is 0.741. The molecule has 1 amide bonds. The molecule has 0 bridgehead atoms. The highest BCUT2D eigenvalue weighted by atomic mass is 16.5. The molecule has 132 valence electrons. The molecule has 1 aromatic rings. The molecule has 1 aliphatic rings. The van der Waals surface area contributed by atoms with Crippen molar-refractivity contribution in [2.24, 2.45) is 11.8 Å². The SMILES string of the molecule is COC(=O)c1cc(OC)ccc1NC(=O)CC(C)C1CCNCC1. The molecule has 6 heteroatoms. The maximum Gasteiger partial charge on any atom is 0.340 e. The van der Waals surface area contributed by atoms with Crippen molar-refractivity contribution in [3.8, 4) is 5.75 Å². The number of ether oxygens (including phenoxy) is 2. The Morgan fingerprint density at radius 3 is 2.62 bits per heavy atom. The van der Waals surface area contributed by atoms with E-state index in [1.165, 1.54) is 14.2 Å². The summed E-state index contributed by atoms with van der Waals surface area (Å²) >= 11 is 0. The van der Waals surface area contributed by atoms with Crippen LogP contribution < -0.4 is 15.4 Å². The van der Waals surface area contributed by atoms with E-state index in [1.54, 1.807) is 18.2 Å². The molecule has 1 atom stereocenters. The normalized spacial score (nSPS) is 16.3. The average molecular weight is 334 g/mol. The Morgan fingerprint density at radius 2 is 2.00 bits per heavy atom. The van der Waals surface area contributed by atoms with Gasteiger partial charge in [-0.3, -0.25) is 4.79 Å². The average Bonchev–Trinajstić information content (AvgIpc) is 2.62. The number of methoxy groups -OCH3 is 2. The zero-order valence-corrected chi connectivity index (χ0v) is 14.6. The number of anilines is 1. The van der Waals surface area contributed by atoms with Crippen molar-refractivity contribution in [1.82, 2.24) is 5.32 Å². The molecule has 0 aliphatic carbocycles. The van der Waals surface area contributed by atoms with Crippen LogP contribution in [0.1, 0.15) is 36.5 Å². The summed E-state index contributed by atoms with van der Waals surface area (Å²) in [7, 11) is 2.84. The van der Waals surface area contributed by atoms with E-state index < -0.39 is 5.97 Å². The highest BCUT2D eigenvalue weighted by Crippen LogP contribution is 2.26. The van der Waals surface area contributed by atoms with Gasteiger partial charge in [0.05, 0.1) is 25.5 Å². The summed E-state index contributed by atoms with van der Waals surface area (Å²) in [6.07, 6.45) is 2.64. The van der Waals surface area contributed by atoms with Gasteiger partial charge in [-0.05, 0) is 56.0 Å². The van der Waals surface area contributed by atoms with Crippen LogP contribution in [-0.4, -0.2) is 39.2 Å². The van der Waals surface area contributed by atoms with Gasteiger partial charge in [0.1, 0.15) is 5.75 Å². The van der Waals surface area contributed by atoms with Crippen molar-refractivity contribution in [3.63, 3.8) is 0 Å². The Morgan fingerprint density at radius 1 is 1.29 bits per heavy atom. The van der Waals surface area contributed by atoms with Gasteiger partial charge in [0.15, 0.2) is 0 Å². The smallest absolute Gasteiger partial charge is 0.340 e. The van der Waals surface area contributed by atoms with Crippen LogP contribution in [0.3, 0.4) is 0 Å². The van der Waals surface area contributed by atoms with Crippen molar-refractivity contribution >= 4 is 17.6 Å². The molecule has 2 N–H and O–H groups in total. The first-order chi connectivity index (χ1) is 11.5. The summed E-state index contributed by atoms with van der Waals surface area (Å²) in [5.74, 6) is 0.822. The Labute approximate surface area is 142 Å².